The highest BCUT2D eigenvalue weighted by atomic mass is 16.5. The maximum Gasteiger partial charge on any atom is 0.324 e. The summed E-state index contributed by atoms with van der Waals surface area (Å²) in [6.07, 6.45) is 5.55. The molecular weight excluding hydrogens is 266 g/mol. The molecule has 0 spiro atoms. The lowest BCUT2D eigenvalue weighted by Crippen LogP contribution is -2.46. The van der Waals surface area contributed by atoms with Gasteiger partial charge in [-0.25, -0.2) is 0 Å². The number of aromatic nitrogens is 1. The number of hydrogen-bond acceptors (Lipinski definition) is 5. The molecule has 5 heteroatoms. The maximum atomic E-state index is 11.9. The fourth-order valence-corrected chi connectivity index (χ4v) is 2.06. The van der Waals surface area contributed by atoms with E-state index in [1.165, 1.54) is 5.56 Å². The first-order valence-corrected chi connectivity index (χ1v) is 7.64. The van der Waals surface area contributed by atoms with Crippen LogP contribution in [-0.4, -0.2) is 55.2 Å². The molecule has 0 aliphatic carbocycles. The smallest absolute Gasteiger partial charge is 0.324 e. The van der Waals surface area contributed by atoms with Gasteiger partial charge in [-0.2, -0.15) is 0 Å². The molecule has 1 heterocycles. The third-order valence-electron chi connectivity index (χ3n) is 3.24. The molecule has 21 heavy (non-hydrogen) atoms. The Balaban J connectivity index is 2.43. The van der Waals surface area contributed by atoms with Crippen LogP contribution in [0.2, 0.25) is 0 Å². The fraction of sp³-hybridized carbons (Fsp3) is 0.625. The van der Waals surface area contributed by atoms with Crippen molar-refractivity contribution in [1.82, 2.24) is 15.2 Å². The van der Waals surface area contributed by atoms with E-state index >= 15 is 0 Å². The molecule has 1 unspecified atom stereocenters. The number of ether oxygens (including phenoxy) is 1. The molecule has 1 atom stereocenters. The molecule has 0 aliphatic heterocycles. The first kappa shape index (κ1) is 17.6. The van der Waals surface area contributed by atoms with E-state index in [0.29, 0.717) is 13.2 Å². The standard InChI is InChI=1S/C16H27N3O2/c1-4-9-18-15(16(20)21-5-2)13-19(3)12-8-14-6-10-17-11-7-14/h6-7,10-11,15,18H,4-5,8-9,12-13H2,1-3H3. The van der Waals surface area contributed by atoms with Gasteiger partial charge in [-0.15, -0.1) is 0 Å². The van der Waals surface area contributed by atoms with Crippen molar-refractivity contribution < 1.29 is 9.53 Å². The quantitative estimate of drug-likeness (QED) is 0.662. The molecule has 0 fully saturated rings. The van der Waals surface area contributed by atoms with Gasteiger partial charge in [-0.1, -0.05) is 6.92 Å². The lowest BCUT2D eigenvalue weighted by molar-refractivity contribution is -0.146. The molecule has 0 aliphatic rings. The van der Waals surface area contributed by atoms with Crippen LogP contribution in [0.15, 0.2) is 24.5 Å². The third kappa shape index (κ3) is 7.20. The van der Waals surface area contributed by atoms with Gasteiger partial charge in [0.15, 0.2) is 0 Å². The lowest BCUT2D eigenvalue weighted by Gasteiger charge is -2.23. The Hall–Kier alpha value is -1.46. The number of rotatable bonds is 10. The van der Waals surface area contributed by atoms with Gasteiger partial charge >= 0.3 is 5.97 Å². The van der Waals surface area contributed by atoms with E-state index in [-0.39, 0.29) is 12.0 Å². The van der Waals surface area contributed by atoms with Crippen LogP contribution in [0.1, 0.15) is 25.8 Å². The van der Waals surface area contributed by atoms with E-state index in [2.05, 4.69) is 22.1 Å². The molecule has 1 aromatic rings. The van der Waals surface area contributed by atoms with Crippen LogP contribution in [0.3, 0.4) is 0 Å². The van der Waals surface area contributed by atoms with Gasteiger partial charge in [-0.3, -0.25) is 9.78 Å². The first-order valence-electron chi connectivity index (χ1n) is 7.64. The van der Waals surface area contributed by atoms with E-state index in [9.17, 15) is 4.79 Å². The minimum atomic E-state index is -0.257. The van der Waals surface area contributed by atoms with Crippen LogP contribution in [0.4, 0.5) is 0 Å². The Morgan fingerprint density at radius 1 is 1.38 bits per heavy atom. The Labute approximate surface area is 127 Å². The van der Waals surface area contributed by atoms with Gasteiger partial charge in [0.05, 0.1) is 6.61 Å². The van der Waals surface area contributed by atoms with E-state index in [1.54, 1.807) is 12.4 Å². The van der Waals surface area contributed by atoms with E-state index < -0.39 is 0 Å². The van der Waals surface area contributed by atoms with Crippen LogP contribution in [0.25, 0.3) is 0 Å². The predicted octanol–water partition coefficient (Wildman–Crippen LogP) is 1.49. The molecule has 0 saturated heterocycles. The summed E-state index contributed by atoms with van der Waals surface area (Å²) in [4.78, 5) is 18.1. The van der Waals surface area contributed by atoms with Crippen molar-refractivity contribution >= 4 is 5.97 Å². The normalized spacial score (nSPS) is 12.4. The summed E-state index contributed by atoms with van der Waals surface area (Å²) in [5, 5.41) is 3.26. The topological polar surface area (TPSA) is 54.5 Å². The molecular formula is C16H27N3O2. The van der Waals surface area contributed by atoms with Gasteiger partial charge in [0.25, 0.3) is 0 Å². The molecule has 1 N–H and O–H groups in total. The molecule has 0 saturated carbocycles. The minimum absolute atomic E-state index is 0.165. The number of likely N-dealkylation sites (N-methyl/N-ethyl adjacent to an activating group) is 1. The fourth-order valence-electron chi connectivity index (χ4n) is 2.06. The van der Waals surface area contributed by atoms with Crippen LogP contribution >= 0.6 is 0 Å². The summed E-state index contributed by atoms with van der Waals surface area (Å²) >= 11 is 0. The van der Waals surface area contributed by atoms with Crippen molar-refractivity contribution in [3.8, 4) is 0 Å². The van der Waals surface area contributed by atoms with Crippen LogP contribution in [-0.2, 0) is 16.0 Å². The summed E-state index contributed by atoms with van der Waals surface area (Å²) in [7, 11) is 2.03. The average Bonchev–Trinajstić information content (AvgIpc) is 2.50. The summed E-state index contributed by atoms with van der Waals surface area (Å²) in [5.41, 5.74) is 1.26. The highest BCUT2D eigenvalue weighted by Gasteiger charge is 2.20. The second-order valence-electron chi connectivity index (χ2n) is 5.13. The summed E-state index contributed by atoms with van der Waals surface area (Å²) in [6, 6.07) is 3.78. The molecule has 0 aromatic carbocycles. The van der Waals surface area contributed by atoms with Crippen molar-refractivity contribution in [3.63, 3.8) is 0 Å². The number of nitrogens with zero attached hydrogens (tertiary/aromatic N) is 2. The monoisotopic (exact) mass is 293 g/mol. The minimum Gasteiger partial charge on any atom is -0.465 e. The largest absolute Gasteiger partial charge is 0.465 e. The van der Waals surface area contributed by atoms with Crippen molar-refractivity contribution in [2.24, 2.45) is 0 Å². The Kier molecular flexibility index (Phi) is 8.62. The first-order chi connectivity index (χ1) is 10.2. The second kappa shape index (κ2) is 10.3. The van der Waals surface area contributed by atoms with Gasteiger partial charge < -0.3 is 15.0 Å². The Morgan fingerprint density at radius 3 is 2.71 bits per heavy atom. The molecule has 118 valence electrons. The molecule has 0 bridgehead atoms. The zero-order valence-electron chi connectivity index (χ0n) is 13.3. The lowest BCUT2D eigenvalue weighted by atomic mass is 10.2. The van der Waals surface area contributed by atoms with Crippen molar-refractivity contribution in [1.29, 1.82) is 0 Å². The summed E-state index contributed by atoms with van der Waals surface area (Å²) in [6.45, 7) is 6.72. The molecule has 0 radical (unpaired) electrons. The van der Waals surface area contributed by atoms with Crippen molar-refractivity contribution in [3.05, 3.63) is 30.1 Å². The van der Waals surface area contributed by atoms with E-state index in [4.69, 9.17) is 4.74 Å². The third-order valence-corrected chi connectivity index (χ3v) is 3.24. The van der Waals surface area contributed by atoms with Crippen molar-refractivity contribution in [2.75, 3.05) is 33.3 Å². The van der Waals surface area contributed by atoms with Crippen LogP contribution in [0, 0.1) is 0 Å². The Morgan fingerprint density at radius 2 is 2.10 bits per heavy atom. The van der Waals surface area contributed by atoms with E-state index in [1.807, 2.05) is 26.1 Å². The zero-order chi connectivity index (χ0) is 15.5. The summed E-state index contributed by atoms with van der Waals surface area (Å²) in [5.74, 6) is -0.165. The highest BCUT2D eigenvalue weighted by molar-refractivity contribution is 5.76. The number of hydrogen-bond donors (Lipinski definition) is 1. The van der Waals surface area contributed by atoms with E-state index in [0.717, 1.165) is 25.9 Å². The SMILES string of the molecule is CCCNC(CN(C)CCc1ccncc1)C(=O)OCC. The number of esters is 1. The van der Waals surface area contributed by atoms with Crippen molar-refractivity contribution in [2.45, 2.75) is 32.7 Å². The number of carbonyl (C=O) groups is 1. The number of carbonyl (C=O) groups excluding carboxylic acids is 1. The summed E-state index contributed by atoms with van der Waals surface area (Å²) < 4.78 is 5.13. The number of pyridine rings is 1. The maximum absolute atomic E-state index is 11.9. The Bertz CT molecular complexity index is 398. The van der Waals surface area contributed by atoms with Gasteiger partial charge in [-0.05, 0) is 51.1 Å². The second-order valence-corrected chi connectivity index (χ2v) is 5.13. The predicted molar refractivity (Wildman–Crippen MR) is 84.2 cm³/mol. The number of nitrogens with one attached hydrogen (secondary N) is 1. The van der Waals surface area contributed by atoms with Gasteiger partial charge in [0, 0.05) is 25.5 Å². The highest BCUT2D eigenvalue weighted by Crippen LogP contribution is 2.01. The van der Waals surface area contributed by atoms with Crippen LogP contribution < -0.4 is 5.32 Å². The zero-order valence-corrected chi connectivity index (χ0v) is 13.3. The van der Waals surface area contributed by atoms with Gasteiger partial charge in [0.2, 0.25) is 0 Å². The molecule has 0 amide bonds. The average molecular weight is 293 g/mol. The molecule has 1 rings (SSSR count). The van der Waals surface area contributed by atoms with Gasteiger partial charge in [0.1, 0.15) is 6.04 Å². The molecule has 5 nitrogen and oxygen atoms in total. The molecule has 1 aromatic heterocycles. The van der Waals surface area contributed by atoms with Crippen LogP contribution in [0.5, 0.6) is 0 Å².